The second-order valence-electron chi connectivity index (χ2n) is 4.68. The molecule has 0 saturated heterocycles. The summed E-state index contributed by atoms with van der Waals surface area (Å²) in [6, 6.07) is -0.590. The highest BCUT2D eigenvalue weighted by molar-refractivity contribution is 5.75. The number of primary amides is 1. The van der Waals surface area contributed by atoms with Crippen molar-refractivity contribution in [1.82, 2.24) is 9.80 Å². The van der Waals surface area contributed by atoms with E-state index >= 15 is 0 Å². The lowest BCUT2D eigenvalue weighted by Crippen LogP contribution is -2.53. The van der Waals surface area contributed by atoms with E-state index < -0.39 is 17.5 Å². The van der Waals surface area contributed by atoms with Crippen LogP contribution >= 0.6 is 0 Å². The summed E-state index contributed by atoms with van der Waals surface area (Å²) in [6.07, 6.45) is -0.122. The normalized spacial score (nSPS) is 11.6. The topological polar surface area (TPSA) is 86.9 Å². The molecule has 0 atom stereocenters. The molecule has 0 aromatic carbocycles. The van der Waals surface area contributed by atoms with E-state index in [4.69, 9.17) is 10.8 Å². The number of carbonyl (C=O) groups is 2. The summed E-state index contributed by atoms with van der Waals surface area (Å²) in [7, 11) is 3.76. The van der Waals surface area contributed by atoms with Gasteiger partial charge in [0.05, 0.1) is 6.42 Å². The van der Waals surface area contributed by atoms with Crippen LogP contribution in [0.2, 0.25) is 0 Å². The molecule has 6 heteroatoms. The minimum atomic E-state index is -0.943. The summed E-state index contributed by atoms with van der Waals surface area (Å²) < 4.78 is 0. The molecule has 0 aromatic heterocycles. The van der Waals surface area contributed by atoms with Crippen LogP contribution in [0.3, 0.4) is 0 Å². The second kappa shape index (κ2) is 5.69. The number of amides is 2. The Balaban J connectivity index is 4.62. The molecule has 16 heavy (non-hydrogen) atoms. The van der Waals surface area contributed by atoms with Crippen molar-refractivity contribution in [2.24, 2.45) is 5.73 Å². The molecule has 0 radical (unpaired) electrons. The van der Waals surface area contributed by atoms with Crippen LogP contribution in [-0.2, 0) is 4.79 Å². The SMILES string of the molecule is CN(C)CCN(C(N)=O)C(C)(C)CC(=O)O. The Morgan fingerprint density at radius 3 is 2.06 bits per heavy atom. The number of aliphatic carboxylic acids is 1. The quantitative estimate of drug-likeness (QED) is 0.682. The molecule has 0 fully saturated rings. The summed E-state index contributed by atoms with van der Waals surface area (Å²) in [5.74, 6) is -0.943. The van der Waals surface area contributed by atoms with Gasteiger partial charge in [-0.25, -0.2) is 4.79 Å². The first-order chi connectivity index (χ1) is 7.16. The van der Waals surface area contributed by atoms with Gasteiger partial charge in [0.1, 0.15) is 0 Å². The Kier molecular flexibility index (Phi) is 5.23. The number of hydrogen-bond acceptors (Lipinski definition) is 3. The lowest BCUT2D eigenvalue weighted by atomic mass is 9.98. The monoisotopic (exact) mass is 231 g/mol. The van der Waals surface area contributed by atoms with Gasteiger partial charge in [-0.3, -0.25) is 4.79 Å². The zero-order valence-corrected chi connectivity index (χ0v) is 10.4. The van der Waals surface area contributed by atoms with Gasteiger partial charge in [-0.1, -0.05) is 0 Å². The van der Waals surface area contributed by atoms with Gasteiger partial charge in [-0.05, 0) is 27.9 Å². The number of likely N-dealkylation sites (N-methyl/N-ethyl adjacent to an activating group) is 1. The van der Waals surface area contributed by atoms with Crippen LogP contribution in [0.25, 0.3) is 0 Å². The molecular weight excluding hydrogens is 210 g/mol. The van der Waals surface area contributed by atoms with Crippen LogP contribution in [0.4, 0.5) is 4.79 Å². The van der Waals surface area contributed by atoms with E-state index in [-0.39, 0.29) is 6.42 Å². The summed E-state index contributed by atoms with van der Waals surface area (Å²) in [4.78, 5) is 25.3. The second-order valence-corrected chi connectivity index (χ2v) is 4.68. The van der Waals surface area contributed by atoms with Gasteiger partial charge < -0.3 is 20.6 Å². The number of hydrogen-bond donors (Lipinski definition) is 2. The van der Waals surface area contributed by atoms with E-state index in [2.05, 4.69) is 0 Å². The fourth-order valence-electron chi connectivity index (χ4n) is 1.48. The third-order valence-electron chi connectivity index (χ3n) is 2.35. The van der Waals surface area contributed by atoms with Crippen molar-refractivity contribution in [3.63, 3.8) is 0 Å². The van der Waals surface area contributed by atoms with Crippen LogP contribution in [0.1, 0.15) is 20.3 Å². The van der Waals surface area contributed by atoms with E-state index in [1.807, 2.05) is 19.0 Å². The fraction of sp³-hybridized carbons (Fsp3) is 0.800. The molecule has 0 spiro atoms. The molecule has 6 nitrogen and oxygen atoms in total. The molecule has 3 N–H and O–H groups in total. The molecule has 94 valence electrons. The van der Waals surface area contributed by atoms with Crippen molar-refractivity contribution in [3.05, 3.63) is 0 Å². The Bertz CT molecular complexity index is 264. The molecule has 0 aliphatic heterocycles. The van der Waals surface area contributed by atoms with Crippen LogP contribution in [0, 0.1) is 0 Å². The maximum atomic E-state index is 11.3. The van der Waals surface area contributed by atoms with Crippen molar-refractivity contribution < 1.29 is 14.7 Å². The van der Waals surface area contributed by atoms with Crippen LogP contribution < -0.4 is 5.73 Å². The van der Waals surface area contributed by atoms with Crippen molar-refractivity contribution in [3.8, 4) is 0 Å². The minimum absolute atomic E-state index is 0.122. The van der Waals surface area contributed by atoms with Crippen molar-refractivity contribution >= 4 is 12.0 Å². The van der Waals surface area contributed by atoms with Crippen molar-refractivity contribution in [1.29, 1.82) is 0 Å². The first-order valence-electron chi connectivity index (χ1n) is 5.10. The molecule has 0 rings (SSSR count). The van der Waals surface area contributed by atoms with Gasteiger partial charge in [-0.2, -0.15) is 0 Å². The summed E-state index contributed by atoms with van der Waals surface area (Å²) in [5, 5.41) is 8.77. The third kappa shape index (κ3) is 4.97. The van der Waals surface area contributed by atoms with Gasteiger partial charge in [0.2, 0.25) is 0 Å². The number of nitrogens with two attached hydrogens (primary N) is 1. The Morgan fingerprint density at radius 1 is 1.25 bits per heavy atom. The van der Waals surface area contributed by atoms with Gasteiger partial charge >= 0.3 is 12.0 Å². The number of rotatable bonds is 6. The molecular formula is C10H21N3O3. The lowest BCUT2D eigenvalue weighted by molar-refractivity contribution is -0.139. The Labute approximate surface area is 96.0 Å². The average molecular weight is 231 g/mol. The van der Waals surface area contributed by atoms with Crippen LogP contribution in [0.5, 0.6) is 0 Å². The molecule has 0 saturated carbocycles. The van der Waals surface area contributed by atoms with Gasteiger partial charge in [0.25, 0.3) is 0 Å². The third-order valence-corrected chi connectivity index (χ3v) is 2.35. The molecule has 0 unspecified atom stereocenters. The van der Waals surface area contributed by atoms with E-state index in [0.29, 0.717) is 13.1 Å². The number of carboxylic acids is 1. The number of carboxylic acid groups (broad SMARTS) is 1. The standard InChI is InChI=1S/C10H21N3O3/c1-10(2,7-8(14)15)13(9(11)16)6-5-12(3)4/h5-7H2,1-4H3,(H2,11,16)(H,14,15). The van der Waals surface area contributed by atoms with E-state index in [0.717, 1.165) is 0 Å². The predicted octanol–water partition coefficient (Wildman–Crippen LogP) is 0.182. The molecule has 0 aromatic rings. The number of carbonyl (C=O) groups excluding carboxylic acids is 1. The Morgan fingerprint density at radius 2 is 1.75 bits per heavy atom. The number of urea groups is 1. The molecule has 0 aliphatic carbocycles. The molecule has 0 aliphatic rings. The highest BCUT2D eigenvalue weighted by Crippen LogP contribution is 2.18. The molecule has 0 heterocycles. The summed E-state index contributed by atoms with van der Waals surface area (Å²) >= 11 is 0. The van der Waals surface area contributed by atoms with Crippen LogP contribution in [-0.4, -0.2) is 59.6 Å². The Hall–Kier alpha value is -1.30. The first kappa shape index (κ1) is 14.7. The van der Waals surface area contributed by atoms with Gasteiger partial charge in [0, 0.05) is 18.6 Å². The van der Waals surface area contributed by atoms with Crippen molar-refractivity contribution in [2.75, 3.05) is 27.2 Å². The maximum absolute atomic E-state index is 11.3. The van der Waals surface area contributed by atoms with Crippen LogP contribution in [0.15, 0.2) is 0 Å². The van der Waals surface area contributed by atoms with Gasteiger partial charge in [0.15, 0.2) is 0 Å². The fourth-order valence-corrected chi connectivity index (χ4v) is 1.48. The largest absolute Gasteiger partial charge is 0.481 e. The average Bonchev–Trinajstić information content (AvgIpc) is 1.98. The summed E-state index contributed by atoms with van der Waals surface area (Å²) in [6.45, 7) is 4.46. The van der Waals surface area contributed by atoms with Gasteiger partial charge in [-0.15, -0.1) is 0 Å². The van der Waals surface area contributed by atoms with E-state index in [9.17, 15) is 9.59 Å². The smallest absolute Gasteiger partial charge is 0.315 e. The molecule has 0 bridgehead atoms. The van der Waals surface area contributed by atoms with E-state index in [1.165, 1.54) is 4.90 Å². The minimum Gasteiger partial charge on any atom is -0.481 e. The summed E-state index contributed by atoms with van der Waals surface area (Å²) in [5.41, 5.74) is 4.49. The number of nitrogens with zero attached hydrogens (tertiary/aromatic N) is 2. The lowest BCUT2D eigenvalue weighted by Gasteiger charge is -2.37. The first-order valence-corrected chi connectivity index (χ1v) is 5.10. The van der Waals surface area contributed by atoms with Crippen molar-refractivity contribution in [2.45, 2.75) is 25.8 Å². The zero-order valence-electron chi connectivity index (χ0n) is 10.4. The molecule has 2 amide bonds. The van der Waals surface area contributed by atoms with E-state index in [1.54, 1.807) is 13.8 Å². The predicted molar refractivity (Wildman–Crippen MR) is 61.2 cm³/mol. The zero-order chi connectivity index (χ0) is 12.9. The highest BCUT2D eigenvalue weighted by atomic mass is 16.4. The maximum Gasteiger partial charge on any atom is 0.315 e. The highest BCUT2D eigenvalue weighted by Gasteiger charge is 2.31.